The highest BCUT2D eigenvalue weighted by Gasteiger charge is 2.20. The van der Waals surface area contributed by atoms with Crippen LogP contribution in [0.2, 0.25) is 0 Å². The van der Waals surface area contributed by atoms with E-state index in [1.54, 1.807) is 0 Å². The van der Waals surface area contributed by atoms with Crippen LogP contribution >= 0.6 is 22.6 Å². The summed E-state index contributed by atoms with van der Waals surface area (Å²) in [5.74, 6) is -0.327. The third kappa shape index (κ3) is 5.43. The highest BCUT2D eigenvalue weighted by atomic mass is 127. The number of hydrogen-bond acceptors (Lipinski definition) is 3. The van der Waals surface area contributed by atoms with E-state index in [-0.39, 0.29) is 5.97 Å². The Labute approximate surface area is 80.8 Å². The molecule has 4 heteroatoms. The molecule has 11 heavy (non-hydrogen) atoms. The van der Waals surface area contributed by atoms with Crippen LogP contribution < -0.4 is 5.73 Å². The van der Waals surface area contributed by atoms with Crippen LogP contribution in [0.5, 0.6) is 0 Å². The summed E-state index contributed by atoms with van der Waals surface area (Å²) in [5, 5.41) is 0. The maximum Gasteiger partial charge on any atom is 0.324 e. The van der Waals surface area contributed by atoms with Gasteiger partial charge in [-0.05, 0) is 20.8 Å². The van der Waals surface area contributed by atoms with Gasteiger partial charge in [0, 0.05) is 4.43 Å². The maximum atomic E-state index is 11.0. The van der Waals surface area contributed by atoms with Crippen molar-refractivity contribution >= 4 is 28.6 Å². The summed E-state index contributed by atoms with van der Waals surface area (Å²) in [5.41, 5.74) is 5.01. The van der Waals surface area contributed by atoms with Crippen LogP contribution in [0.25, 0.3) is 0 Å². The molecule has 0 rings (SSSR count). The molecule has 0 saturated carbocycles. The fraction of sp³-hybridized carbons (Fsp3) is 0.857. The van der Waals surface area contributed by atoms with Crippen molar-refractivity contribution in [3.05, 3.63) is 0 Å². The zero-order valence-electron chi connectivity index (χ0n) is 7.06. The standard InChI is InChI=1S/C7H14INO2/c1-7(2,3)11-6(10)5(9)4-8/h5H,4,9H2,1-3H3. The Hall–Kier alpha value is 0.160. The van der Waals surface area contributed by atoms with Crippen molar-refractivity contribution in [2.75, 3.05) is 4.43 Å². The number of carbonyl (C=O) groups is 1. The lowest BCUT2D eigenvalue weighted by Crippen LogP contribution is -2.38. The number of carbonyl (C=O) groups excluding carboxylic acids is 1. The molecule has 0 aliphatic rings. The van der Waals surface area contributed by atoms with E-state index in [1.165, 1.54) is 0 Å². The first-order valence-electron chi connectivity index (χ1n) is 3.41. The van der Waals surface area contributed by atoms with Gasteiger partial charge >= 0.3 is 5.97 Å². The van der Waals surface area contributed by atoms with E-state index in [2.05, 4.69) is 22.6 Å². The summed E-state index contributed by atoms with van der Waals surface area (Å²) in [6.45, 7) is 5.47. The monoisotopic (exact) mass is 271 g/mol. The Bertz CT molecular complexity index is 142. The zero-order chi connectivity index (χ0) is 9.07. The molecule has 0 amide bonds. The van der Waals surface area contributed by atoms with Crippen LogP contribution in [0.1, 0.15) is 20.8 Å². The largest absolute Gasteiger partial charge is 0.459 e. The normalized spacial score (nSPS) is 14.3. The van der Waals surface area contributed by atoms with Crippen molar-refractivity contribution < 1.29 is 9.53 Å². The minimum absolute atomic E-state index is 0.327. The van der Waals surface area contributed by atoms with Crippen LogP contribution in [0, 0.1) is 0 Å². The number of esters is 1. The molecule has 0 aromatic carbocycles. The van der Waals surface area contributed by atoms with E-state index in [0.29, 0.717) is 4.43 Å². The molecule has 0 bridgehead atoms. The lowest BCUT2D eigenvalue weighted by molar-refractivity contribution is -0.155. The SMILES string of the molecule is CC(C)(C)OC(=O)C(N)CI. The Morgan fingerprint density at radius 3 is 2.36 bits per heavy atom. The average molecular weight is 271 g/mol. The van der Waals surface area contributed by atoms with Crippen LogP contribution in [-0.4, -0.2) is 22.0 Å². The Kier molecular flexibility index (Phi) is 4.31. The van der Waals surface area contributed by atoms with Gasteiger partial charge < -0.3 is 10.5 Å². The first-order valence-corrected chi connectivity index (χ1v) is 4.94. The van der Waals surface area contributed by atoms with Crippen LogP contribution in [0.15, 0.2) is 0 Å². The fourth-order valence-electron chi connectivity index (χ4n) is 0.440. The van der Waals surface area contributed by atoms with Gasteiger partial charge in [0.1, 0.15) is 11.6 Å². The van der Waals surface area contributed by atoms with Crippen LogP contribution in [0.3, 0.4) is 0 Å². The number of nitrogens with two attached hydrogens (primary N) is 1. The maximum absolute atomic E-state index is 11.0. The van der Waals surface area contributed by atoms with E-state index in [0.717, 1.165) is 0 Å². The topological polar surface area (TPSA) is 52.3 Å². The van der Waals surface area contributed by atoms with E-state index in [9.17, 15) is 4.79 Å². The van der Waals surface area contributed by atoms with E-state index in [1.807, 2.05) is 20.8 Å². The predicted octanol–water partition coefficient (Wildman–Crippen LogP) is 1.09. The van der Waals surface area contributed by atoms with Gasteiger partial charge in [-0.15, -0.1) is 0 Å². The third-order valence-corrected chi connectivity index (χ3v) is 1.82. The summed E-state index contributed by atoms with van der Waals surface area (Å²) >= 11 is 2.05. The van der Waals surface area contributed by atoms with Crippen molar-refractivity contribution in [2.24, 2.45) is 5.73 Å². The summed E-state index contributed by atoms with van der Waals surface area (Å²) in [7, 11) is 0. The molecule has 0 aliphatic heterocycles. The van der Waals surface area contributed by atoms with Crippen molar-refractivity contribution in [3.63, 3.8) is 0 Å². The Morgan fingerprint density at radius 2 is 2.09 bits per heavy atom. The molecule has 0 spiro atoms. The van der Waals surface area contributed by atoms with Crippen LogP contribution in [0.4, 0.5) is 0 Å². The number of alkyl halides is 1. The second-order valence-corrected chi connectivity index (χ2v) is 4.18. The summed E-state index contributed by atoms with van der Waals surface area (Å²) in [6, 6.07) is -0.491. The van der Waals surface area contributed by atoms with Gasteiger partial charge in [-0.2, -0.15) is 0 Å². The first kappa shape index (κ1) is 11.2. The Balaban J connectivity index is 3.88. The zero-order valence-corrected chi connectivity index (χ0v) is 9.21. The molecule has 2 N–H and O–H groups in total. The smallest absolute Gasteiger partial charge is 0.324 e. The van der Waals surface area contributed by atoms with Crippen molar-refractivity contribution in [2.45, 2.75) is 32.4 Å². The number of rotatable bonds is 2. The van der Waals surface area contributed by atoms with Crippen LogP contribution in [-0.2, 0) is 9.53 Å². The molecule has 0 aromatic rings. The summed E-state index contributed by atoms with van der Waals surface area (Å²) in [6.07, 6.45) is 0. The molecular formula is C7H14INO2. The van der Waals surface area contributed by atoms with Crippen molar-refractivity contribution in [1.82, 2.24) is 0 Å². The molecule has 0 saturated heterocycles. The second kappa shape index (κ2) is 4.25. The molecule has 1 atom stereocenters. The quantitative estimate of drug-likeness (QED) is 0.464. The third-order valence-electron chi connectivity index (χ3n) is 0.876. The number of hydrogen-bond donors (Lipinski definition) is 1. The predicted molar refractivity (Wildman–Crippen MR) is 52.7 cm³/mol. The molecule has 0 heterocycles. The highest BCUT2D eigenvalue weighted by molar-refractivity contribution is 14.1. The number of ether oxygens (including phenoxy) is 1. The minimum Gasteiger partial charge on any atom is -0.459 e. The molecule has 3 nitrogen and oxygen atoms in total. The number of halogens is 1. The van der Waals surface area contributed by atoms with Crippen molar-refractivity contribution in [3.8, 4) is 0 Å². The summed E-state index contributed by atoms with van der Waals surface area (Å²) < 4.78 is 5.61. The summed E-state index contributed by atoms with van der Waals surface area (Å²) in [4.78, 5) is 11.0. The van der Waals surface area contributed by atoms with Crippen molar-refractivity contribution in [1.29, 1.82) is 0 Å². The van der Waals surface area contributed by atoms with E-state index >= 15 is 0 Å². The van der Waals surface area contributed by atoms with Gasteiger partial charge in [-0.25, -0.2) is 0 Å². The minimum atomic E-state index is -0.491. The molecule has 0 aliphatic carbocycles. The molecule has 0 fully saturated rings. The first-order chi connectivity index (χ1) is 4.87. The molecule has 1 unspecified atom stereocenters. The molecule has 66 valence electrons. The van der Waals surface area contributed by atoms with Gasteiger partial charge in [0.25, 0.3) is 0 Å². The molecule has 0 radical (unpaired) electrons. The van der Waals surface area contributed by atoms with Gasteiger partial charge in [0.15, 0.2) is 0 Å². The van der Waals surface area contributed by atoms with Gasteiger partial charge in [0.2, 0.25) is 0 Å². The second-order valence-electron chi connectivity index (χ2n) is 3.29. The van der Waals surface area contributed by atoms with Gasteiger partial charge in [-0.3, -0.25) is 4.79 Å². The Morgan fingerprint density at radius 1 is 1.64 bits per heavy atom. The molecular weight excluding hydrogens is 257 g/mol. The fourth-order valence-corrected chi connectivity index (χ4v) is 0.800. The van der Waals surface area contributed by atoms with Gasteiger partial charge in [-0.1, -0.05) is 22.6 Å². The average Bonchev–Trinajstić information content (AvgIpc) is 1.82. The van der Waals surface area contributed by atoms with E-state index in [4.69, 9.17) is 10.5 Å². The van der Waals surface area contributed by atoms with Gasteiger partial charge in [0.05, 0.1) is 0 Å². The molecule has 0 aromatic heterocycles. The lowest BCUT2D eigenvalue weighted by Gasteiger charge is -2.21. The van der Waals surface area contributed by atoms with E-state index < -0.39 is 11.6 Å². The lowest BCUT2D eigenvalue weighted by atomic mass is 10.2. The highest BCUT2D eigenvalue weighted by Crippen LogP contribution is 2.08.